The second kappa shape index (κ2) is 6.27. The maximum absolute atomic E-state index is 11.6. The number of hydrogen-bond acceptors (Lipinski definition) is 3. The van der Waals surface area contributed by atoms with Crippen molar-refractivity contribution in [2.75, 3.05) is 6.61 Å². The van der Waals surface area contributed by atoms with Crippen molar-refractivity contribution in [2.45, 2.75) is 0 Å². The number of carboxylic acids is 1. The zero-order chi connectivity index (χ0) is 12.7. The lowest BCUT2D eigenvalue weighted by Crippen LogP contribution is -2.11. The third-order valence-corrected chi connectivity index (χ3v) is 1.96. The Morgan fingerprint density at radius 1 is 1.29 bits per heavy atom. The molecule has 0 spiro atoms. The molecule has 1 rings (SSSR count). The van der Waals surface area contributed by atoms with Crippen LogP contribution >= 0.6 is 0 Å². The van der Waals surface area contributed by atoms with E-state index in [1.165, 1.54) is 12.1 Å². The fraction of sp³-hybridized carbons (Fsp3) is 0.0769. The number of carboxylic acid groups (broad SMARTS) is 1. The van der Waals surface area contributed by atoms with Crippen LogP contribution in [0.3, 0.4) is 0 Å². The van der Waals surface area contributed by atoms with Crippen molar-refractivity contribution in [1.82, 2.24) is 0 Å². The number of aromatic carboxylic acids is 1. The van der Waals surface area contributed by atoms with Crippen molar-refractivity contribution in [1.29, 1.82) is 0 Å². The first kappa shape index (κ1) is 12.7. The molecule has 0 amide bonds. The summed E-state index contributed by atoms with van der Waals surface area (Å²) < 4.78 is 4.88. The summed E-state index contributed by atoms with van der Waals surface area (Å²) in [4.78, 5) is 22.5. The first-order valence-corrected chi connectivity index (χ1v) is 4.94. The third kappa shape index (κ3) is 3.61. The van der Waals surface area contributed by atoms with Gasteiger partial charge in [0.1, 0.15) is 6.61 Å². The van der Waals surface area contributed by atoms with Gasteiger partial charge in [-0.15, -0.1) is 0 Å². The molecule has 0 saturated heterocycles. The van der Waals surface area contributed by atoms with Gasteiger partial charge in [0, 0.05) is 0 Å². The summed E-state index contributed by atoms with van der Waals surface area (Å²) in [6.07, 6.45) is 4.80. The summed E-state index contributed by atoms with van der Waals surface area (Å²) >= 11 is 0. The maximum atomic E-state index is 11.6. The van der Waals surface area contributed by atoms with Gasteiger partial charge < -0.3 is 9.84 Å². The number of hydrogen-bond donors (Lipinski definition) is 1. The fourth-order valence-electron chi connectivity index (χ4n) is 1.20. The van der Waals surface area contributed by atoms with Gasteiger partial charge in [-0.2, -0.15) is 0 Å². The van der Waals surface area contributed by atoms with E-state index in [0.29, 0.717) is 0 Å². The van der Waals surface area contributed by atoms with Crippen LogP contribution in [0.4, 0.5) is 0 Å². The Kier molecular flexibility index (Phi) is 4.69. The highest BCUT2D eigenvalue weighted by Gasteiger charge is 2.16. The molecule has 0 aromatic heterocycles. The Morgan fingerprint density at radius 3 is 2.53 bits per heavy atom. The van der Waals surface area contributed by atoms with Crippen molar-refractivity contribution in [3.63, 3.8) is 0 Å². The highest BCUT2D eigenvalue weighted by molar-refractivity contribution is 6.02. The SMILES string of the molecule is C=CC=CCOC(=O)c1ccccc1C(=O)O. The fourth-order valence-corrected chi connectivity index (χ4v) is 1.20. The van der Waals surface area contributed by atoms with Crippen LogP contribution in [0.25, 0.3) is 0 Å². The van der Waals surface area contributed by atoms with Gasteiger partial charge >= 0.3 is 11.9 Å². The van der Waals surface area contributed by atoms with Crippen LogP contribution in [0.15, 0.2) is 49.1 Å². The number of ether oxygens (including phenoxy) is 1. The normalized spacial score (nSPS) is 10.1. The molecule has 4 nitrogen and oxygen atoms in total. The van der Waals surface area contributed by atoms with E-state index >= 15 is 0 Å². The lowest BCUT2D eigenvalue weighted by molar-refractivity contribution is 0.0536. The molecule has 4 heteroatoms. The van der Waals surface area contributed by atoms with Crippen LogP contribution in [-0.4, -0.2) is 23.7 Å². The number of esters is 1. The molecule has 0 unspecified atom stereocenters. The summed E-state index contributed by atoms with van der Waals surface area (Å²) in [7, 11) is 0. The van der Waals surface area contributed by atoms with Gasteiger partial charge in [0.15, 0.2) is 0 Å². The molecule has 0 aliphatic heterocycles. The van der Waals surface area contributed by atoms with Crippen LogP contribution in [-0.2, 0) is 4.74 Å². The largest absolute Gasteiger partial charge is 0.478 e. The van der Waals surface area contributed by atoms with Gasteiger partial charge in [0.2, 0.25) is 0 Å². The van der Waals surface area contributed by atoms with E-state index in [1.54, 1.807) is 30.4 Å². The molecule has 0 atom stereocenters. The molecule has 0 aliphatic carbocycles. The van der Waals surface area contributed by atoms with E-state index in [9.17, 15) is 9.59 Å². The molecule has 17 heavy (non-hydrogen) atoms. The molecule has 88 valence electrons. The molecule has 0 radical (unpaired) electrons. The molecule has 0 aliphatic rings. The number of benzene rings is 1. The summed E-state index contributed by atoms with van der Waals surface area (Å²) in [5, 5.41) is 8.89. The van der Waals surface area contributed by atoms with Crippen molar-refractivity contribution in [3.8, 4) is 0 Å². The number of carbonyl (C=O) groups is 2. The Labute approximate surface area is 98.8 Å². The van der Waals surface area contributed by atoms with Gasteiger partial charge in [-0.1, -0.05) is 30.9 Å². The highest BCUT2D eigenvalue weighted by Crippen LogP contribution is 2.10. The van der Waals surface area contributed by atoms with Crippen LogP contribution in [0.2, 0.25) is 0 Å². The van der Waals surface area contributed by atoms with Crippen molar-refractivity contribution < 1.29 is 19.4 Å². The zero-order valence-electron chi connectivity index (χ0n) is 9.13. The topological polar surface area (TPSA) is 63.6 Å². The lowest BCUT2D eigenvalue weighted by Gasteiger charge is -2.04. The van der Waals surface area contributed by atoms with E-state index in [4.69, 9.17) is 9.84 Å². The molecule has 0 heterocycles. The van der Waals surface area contributed by atoms with E-state index in [1.807, 2.05) is 0 Å². The minimum atomic E-state index is -1.15. The van der Waals surface area contributed by atoms with Crippen LogP contribution in [0.5, 0.6) is 0 Å². The predicted octanol–water partition coefficient (Wildman–Crippen LogP) is 2.28. The smallest absolute Gasteiger partial charge is 0.339 e. The van der Waals surface area contributed by atoms with Crippen molar-refractivity contribution in [2.24, 2.45) is 0 Å². The van der Waals surface area contributed by atoms with Crippen molar-refractivity contribution in [3.05, 3.63) is 60.2 Å². The Bertz CT molecular complexity index is 460. The Morgan fingerprint density at radius 2 is 1.94 bits per heavy atom. The second-order valence-corrected chi connectivity index (χ2v) is 3.11. The predicted molar refractivity (Wildman–Crippen MR) is 63.0 cm³/mol. The highest BCUT2D eigenvalue weighted by atomic mass is 16.5. The maximum Gasteiger partial charge on any atom is 0.339 e. The number of allylic oxidation sites excluding steroid dienone is 2. The van der Waals surface area contributed by atoms with Crippen LogP contribution in [0, 0.1) is 0 Å². The second-order valence-electron chi connectivity index (χ2n) is 3.11. The van der Waals surface area contributed by atoms with E-state index in [2.05, 4.69) is 6.58 Å². The monoisotopic (exact) mass is 232 g/mol. The third-order valence-electron chi connectivity index (χ3n) is 1.96. The van der Waals surface area contributed by atoms with Crippen LogP contribution < -0.4 is 0 Å². The number of carbonyl (C=O) groups excluding carboxylic acids is 1. The molecule has 0 bridgehead atoms. The molecular formula is C13H12O4. The first-order valence-electron chi connectivity index (χ1n) is 4.94. The van der Waals surface area contributed by atoms with E-state index in [0.717, 1.165) is 0 Å². The van der Waals surface area contributed by atoms with Gasteiger partial charge in [0.05, 0.1) is 11.1 Å². The van der Waals surface area contributed by atoms with Gasteiger partial charge in [0.25, 0.3) is 0 Å². The quantitative estimate of drug-likeness (QED) is 0.624. The average molecular weight is 232 g/mol. The van der Waals surface area contributed by atoms with Gasteiger partial charge in [-0.3, -0.25) is 0 Å². The summed E-state index contributed by atoms with van der Waals surface area (Å²) in [6.45, 7) is 3.55. The van der Waals surface area contributed by atoms with Crippen LogP contribution in [0.1, 0.15) is 20.7 Å². The van der Waals surface area contributed by atoms with E-state index < -0.39 is 11.9 Å². The number of rotatable bonds is 5. The molecule has 0 fully saturated rings. The van der Waals surface area contributed by atoms with Gasteiger partial charge in [-0.25, -0.2) is 9.59 Å². The minimum absolute atomic E-state index is 0.0482. The molecule has 1 aromatic carbocycles. The van der Waals surface area contributed by atoms with Crippen molar-refractivity contribution >= 4 is 11.9 Å². The van der Waals surface area contributed by atoms with Gasteiger partial charge in [-0.05, 0) is 18.2 Å². The molecule has 1 N–H and O–H groups in total. The average Bonchev–Trinajstić information content (AvgIpc) is 2.34. The summed E-state index contributed by atoms with van der Waals surface area (Å²) in [5.41, 5.74) is -0.0165. The Balaban J connectivity index is 2.78. The van der Waals surface area contributed by atoms with E-state index in [-0.39, 0.29) is 17.7 Å². The zero-order valence-corrected chi connectivity index (χ0v) is 9.13. The minimum Gasteiger partial charge on any atom is -0.478 e. The first-order chi connectivity index (χ1) is 8.16. The molecule has 0 saturated carbocycles. The summed E-state index contributed by atoms with van der Waals surface area (Å²) in [5.74, 6) is -1.81. The molecule has 1 aromatic rings. The summed E-state index contributed by atoms with van der Waals surface area (Å²) in [6, 6.07) is 5.92. The standard InChI is InChI=1S/C13H12O4/c1-2-3-6-9-17-13(16)11-8-5-4-7-10(11)12(14)15/h2-8H,1,9H2,(H,14,15). The lowest BCUT2D eigenvalue weighted by atomic mass is 10.1. The Hall–Kier alpha value is -2.36. The molecular weight excluding hydrogens is 220 g/mol.